The standard InChI is InChI=1S/C25H32N6O4/c1-30(19-6-7-19)23(33)25(8-9-25)20-16-21(31-11-14-35-15-12-31)29-22(28-20)17-2-4-18(5-3-17)27-24(34)26-10-13-32/h2-5,16,19,32H,6-15H2,1H3,(H2,26,27,34). The zero-order valence-electron chi connectivity index (χ0n) is 20.0. The molecule has 1 aromatic carbocycles. The minimum Gasteiger partial charge on any atom is -0.395 e. The molecule has 0 unspecified atom stereocenters. The summed E-state index contributed by atoms with van der Waals surface area (Å²) < 4.78 is 5.52. The normalized spacial score (nSPS) is 18.6. The Hall–Kier alpha value is -3.24. The molecule has 2 aromatic rings. The predicted molar refractivity (Wildman–Crippen MR) is 131 cm³/mol. The van der Waals surface area contributed by atoms with Crippen molar-refractivity contribution in [2.45, 2.75) is 37.1 Å². The summed E-state index contributed by atoms with van der Waals surface area (Å²) in [6, 6.07) is 9.27. The zero-order valence-corrected chi connectivity index (χ0v) is 20.0. The van der Waals surface area contributed by atoms with E-state index in [9.17, 15) is 9.59 Å². The molecule has 2 heterocycles. The Kier molecular flexibility index (Phi) is 6.57. The number of aliphatic hydroxyl groups is 1. The summed E-state index contributed by atoms with van der Waals surface area (Å²) in [7, 11) is 1.91. The van der Waals surface area contributed by atoms with E-state index in [1.807, 2.05) is 30.1 Å². The first-order chi connectivity index (χ1) is 17.0. The maximum Gasteiger partial charge on any atom is 0.319 e. The molecule has 1 aromatic heterocycles. The largest absolute Gasteiger partial charge is 0.395 e. The molecule has 3 fully saturated rings. The molecule has 35 heavy (non-hydrogen) atoms. The van der Waals surface area contributed by atoms with E-state index < -0.39 is 5.41 Å². The first kappa shape index (κ1) is 23.5. The molecule has 2 saturated carbocycles. The SMILES string of the molecule is CN(C(=O)C1(c2cc(N3CCOCC3)nc(-c3ccc(NC(=O)NCCO)cc3)n2)CC1)C1CC1. The molecule has 5 rings (SSSR count). The van der Waals surface area contributed by atoms with E-state index in [0.29, 0.717) is 30.8 Å². The number of nitrogens with zero attached hydrogens (tertiary/aromatic N) is 4. The van der Waals surface area contributed by atoms with Crippen LogP contribution in [-0.2, 0) is 14.9 Å². The number of benzene rings is 1. The van der Waals surface area contributed by atoms with Crippen molar-refractivity contribution in [3.63, 3.8) is 0 Å². The third-order valence-electron chi connectivity index (χ3n) is 6.91. The van der Waals surface area contributed by atoms with Gasteiger partial charge in [0, 0.05) is 50.0 Å². The van der Waals surface area contributed by atoms with Crippen molar-refractivity contribution in [3.8, 4) is 11.4 Å². The van der Waals surface area contributed by atoms with Crippen molar-refractivity contribution in [2.75, 3.05) is 56.7 Å². The minimum absolute atomic E-state index is 0.119. The highest BCUT2D eigenvalue weighted by molar-refractivity contribution is 5.91. The van der Waals surface area contributed by atoms with Crippen molar-refractivity contribution < 1.29 is 19.4 Å². The topological polar surface area (TPSA) is 120 Å². The second kappa shape index (κ2) is 9.79. The second-order valence-corrected chi connectivity index (χ2v) is 9.45. The number of carbonyl (C=O) groups excluding carboxylic acids is 2. The number of ether oxygens (including phenoxy) is 1. The molecule has 186 valence electrons. The third-order valence-corrected chi connectivity index (χ3v) is 6.91. The van der Waals surface area contributed by atoms with Gasteiger partial charge in [0.2, 0.25) is 5.91 Å². The van der Waals surface area contributed by atoms with Crippen molar-refractivity contribution in [1.82, 2.24) is 20.2 Å². The lowest BCUT2D eigenvalue weighted by atomic mass is 9.99. The van der Waals surface area contributed by atoms with Gasteiger partial charge < -0.3 is 30.3 Å². The highest BCUT2D eigenvalue weighted by Crippen LogP contribution is 2.50. The van der Waals surface area contributed by atoms with Crippen LogP contribution in [0.25, 0.3) is 11.4 Å². The van der Waals surface area contributed by atoms with E-state index in [-0.39, 0.29) is 25.1 Å². The Labute approximate surface area is 204 Å². The predicted octanol–water partition coefficient (Wildman–Crippen LogP) is 1.75. The molecule has 0 spiro atoms. The summed E-state index contributed by atoms with van der Waals surface area (Å²) in [4.78, 5) is 39.2. The average Bonchev–Trinajstić information content (AvgIpc) is 3.81. The maximum atomic E-state index is 13.4. The quantitative estimate of drug-likeness (QED) is 0.526. The van der Waals surface area contributed by atoms with Gasteiger partial charge in [-0.2, -0.15) is 0 Å². The van der Waals surface area contributed by atoms with E-state index >= 15 is 0 Å². The summed E-state index contributed by atoms with van der Waals surface area (Å²) >= 11 is 0. The average molecular weight is 481 g/mol. The van der Waals surface area contributed by atoms with Crippen LogP contribution >= 0.6 is 0 Å². The van der Waals surface area contributed by atoms with Crippen molar-refractivity contribution in [3.05, 3.63) is 36.0 Å². The van der Waals surface area contributed by atoms with Gasteiger partial charge in [-0.1, -0.05) is 0 Å². The number of urea groups is 1. The number of hydrogen-bond acceptors (Lipinski definition) is 7. The van der Waals surface area contributed by atoms with Gasteiger partial charge in [-0.15, -0.1) is 0 Å². The van der Waals surface area contributed by atoms with Gasteiger partial charge in [-0.05, 0) is 49.9 Å². The highest BCUT2D eigenvalue weighted by atomic mass is 16.5. The molecule has 0 bridgehead atoms. The van der Waals surface area contributed by atoms with Crippen molar-refractivity contribution >= 4 is 23.4 Å². The molecule has 0 atom stereocenters. The summed E-state index contributed by atoms with van der Waals surface area (Å²) in [5.41, 5.74) is 1.64. The maximum absolute atomic E-state index is 13.4. The summed E-state index contributed by atoms with van der Waals surface area (Å²) in [6.07, 6.45) is 3.75. The number of carbonyl (C=O) groups is 2. The zero-order chi connectivity index (χ0) is 24.4. The van der Waals surface area contributed by atoms with Crippen LogP contribution in [-0.4, -0.2) is 84.5 Å². The molecular weight excluding hydrogens is 448 g/mol. The summed E-state index contributed by atoms with van der Waals surface area (Å²) in [5, 5.41) is 14.1. The fourth-order valence-electron chi connectivity index (χ4n) is 4.48. The van der Waals surface area contributed by atoms with Crippen LogP contribution in [0.15, 0.2) is 30.3 Å². The fraction of sp³-hybridized carbons (Fsp3) is 0.520. The van der Waals surface area contributed by atoms with E-state index in [4.69, 9.17) is 19.8 Å². The Balaban J connectivity index is 1.44. The van der Waals surface area contributed by atoms with Gasteiger partial charge in [0.1, 0.15) is 5.82 Å². The molecular formula is C25H32N6O4. The number of aromatic nitrogens is 2. The highest BCUT2D eigenvalue weighted by Gasteiger charge is 2.55. The lowest BCUT2D eigenvalue weighted by Crippen LogP contribution is -2.39. The molecule has 3 amide bonds. The Morgan fingerprint density at radius 2 is 1.89 bits per heavy atom. The molecule has 0 radical (unpaired) electrons. The number of morpholine rings is 1. The Morgan fingerprint density at radius 1 is 1.17 bits per heavy atom. The van der Waals surface area contributed by atoms with Gasteiger partial charge >= 0.3 is 6.03 Å². The van der Waals surface area contributed by atoms with E-state index in [1.165, 1.54) is 0 Å². The Bertz CT molecular complexity index is 1080. The molecule has 1 saturated heterocycles. The van der Waals surface area contributed by atoms with Crippen LogP contribution in [0, 0.1) is 0 Å². The van der Waals surface area contributed by atoms with Crippen molar-refractivity contribution in [1.29, 1.82) is 0 Å². The van der Waals surface area contributed by atoms with Gasteiger partial charge in [-0.3, -0.25) is 4.79 Å². The first-order valence-corrected chi connectivity index (χ1v) is 12.3. The van der Waals surface area contributed by atoms with Crippen LogP contribution in [0.2, 0.25) is 0 Å². The van der Waals surface area contributed by atoms with Gasteiger partial charge in [0.15, 0.2) is 5.82 Å². The fourth-order valence-corrected chi connectivity index (χ4v) is 4.48. The molecule has 3 N–H and O–H groups in total. The van der Waals surface area contributed by atoms with Gasteiger partial charge in [-0.25, -0.2) is 14.8 Å². The number of aliphatic hydroxyl groups excluding tert-OH is 1. The van der Waals surface area contributed by atoms with E-state index in [2.05, 4.69) is 15.5 Å². The van der Waals surface area contributed by atoms with Gasteiger partial charge in [0.25, 0.3) is 0 Å². The number of nitrogens with one attached hydrogen (secondary N) is 2. The smallest absolute Gasteiger partial charge is 0.319 e. The third kappa shape index (κ3) is 5.08. The second-order valence-electron chi connectivity index (χ2n) is 9.45. The number of hydrogen-bond donors (Lipinski definition) is 3. The Morgan fingerprint density at radius 3 is 2.51 bits per heavy atom. The molecule has 10 heteroatoms. The van der Waals surface area contributed by atoms with Crippen LogP contribution < -0.4 is 15.5 Å². The first-order valence-electron chi connectivity index (χ1n) is 12.3. The molecule has 10 nitrogen and oxygen atoms in total. The van der Waals surface area contributed by atoms with Crippen LogP contribution in [0.4, 0.5) is 16.3 Å². The monoisotopic (exact) mass is 480 g/mol. The lowest BCUT2D eigenvalue weighted by Gasteiger charge is -2.29. The number of amides is 3. The van der Waals surface area contributed by atoms with E-state index in [1.54, 1.807) is 12.1 Å². The summed E-state index contributed by atoms with van der Waals surface area (Å²) in [5.74, 6) is 1.53. The number of rotatable bonds is 8. The lowest BCUT2D eigenvalue weighted by molar-refractivity contribution is -0.133. The van der Waals surface area contributed by atoms with Gasteiger partial charge in [0.05, 0.1) is 30.9 Å². The van der Waals surface area contributed by atoms with Crippen molar-refractivity contribution in [2.24, 2.45) is 0 Å². The number of likely N-dealkylation sites (N-methyl/N-ethyl adjacent to an activating group) is 1. The van der Waals surface area contributed by atoms with Crippen LogP contribution in [0.1, 0.15) is 31.4 Å². The molecule has 1 aliphatic heterocycles. The molecule has 2 aliphatic carbocycles. The summed E-state index contributed by atoms with van der Waals surface area (Å²) in [6.45, 7) is 2.83. The van der Waals surface area contributed by atoms with Crippen LogP contribution in [0.3, 0.4) is 0 Å². The van der Waals surface area contributed by atoms with E-state index in [0.717, 1.165) is 55.8 Å². The van der Waals surface area contributed by atoms with Crippen LogP contribution in [0.5, 0.6) is 0 Å². The molecule has 3 aliphatic rings. The minimum atomic E-state index is -0.567. The number of anilines is 2.